The average Bonchev–Trinajstić information content (AvgIpc) is 2.83. The average molecular weight is 258 g/mol. The molecule has 0 aliphatic heterocycles. The van der Waals surface area contributed by atoms with Crippen LogP contribution in [-0.4, -0.2) is 16.0 Å². The number of pyridine rings is 1. The van der Waals surface area contributed by atoms with E-state index in [1.54, 1.807) is 24.4 Å². The van der Waals surface area contributed by atoms with E-state index in [-0.39, 0.29) is 12.5 Å². The summed E-state index contributed by atoms with van der Waals surface area (Å²) in [6.45, 7) is 1.68. The second kappa shape index (κ2) is 5.97. The highest BCUT2D eigenvalue weighted by molar-refractivity contribution is 6.02. The van der Waals surface area contributed by atoms with E-state index >= 15 is 0 Å². The standard InChI is InChI=1S/C14H14N2O3/c1-10-2-3-12(19-10)4-5-14(18)16-13-8-15-7-6-11(13)9-17/h2-8,17H,9H2,1H3,(H,16,18)/b5-4+. The summed E-state index contributed by atoms with van der Waals surface area (Å²) in [7, 11) is 0. The minimum absolute atomic E-state index is 0.154. The molecule has 2 aromatic rings. The van der Waals surface area contributed by atoms with Crippen molar-refractivity contribution in [1.29, 1.82) is 0 Å². The van der Waals surface area contributed by atoms with Crippen LogP contribution in [0, 0.1) is 6.92 Å². The summed E-state index contributed by atoms with van der Waals surface area (Å²) in [5.41, 5.74) is 1.11. The van der Waals surface area contributed by atoms with E-state index in [0.29, 0.717) is 17.0 Å². The maximum atomic E-state index is 11.7. The zero-order chi connectivity index (χ0) is 13.7. The number of aliphatic hydroxyl groups is 1. The summed E-state index contributed by atoms with van der Waals surface area (Å²) in [6, 6.07) is 5.25. The lowest BCUT2D eigenvalue weighted by Crippen LogP contribution is -2.10. The van der Waals surface area contributed by atoms with E-state index in [1.807, 2.05) is 13.0 Å². The van der Waals surface area contributed by atoms with Crippen molar-refractivity contribution >= 4 is 17.7 Å². The van der Waals surface area contributed by atoms with Crippen molar-refractivity contribution in [1.82, 2.24) is 4.98 Å². The van der Waals surface area contributed by atoms with Crippen LogP contribution in [0.1, 0.15) is 17.1 Å². The Labute approximate surface area is 110 Å². The predicted octanol–water partition coefficient (Wildman–Crippen LogP) is 2.13. The van der Waals surface area contributed by atoms with E-state index in [4.69, 9.17) is 9.52 Å². The number of anilines is 1. The number of nitrogens with one attached hydrogen (secondary N) is 1. The first kappa shape index (κ1) is 13.0. The van der Waals surface area contributed by atoms with Gasteiger partial charge in [-0.3, -0.25) is 9.78 Å². The smallest absolute Gasteiger partial charge is 0.248 e. The number of hydrogen-bond donors (Lipinski definition) is 2. The van der Waals surface area contributed by atoms with Gasteiger partial charge in [-0.1, -0.05) is 0 Å². The molecule has 0 radical (unpaired) electrons. The van der Waals surface area contributed by atoms with E-state index in [9.17, 15) is 4.79 Å². The number of aliphatic hydroxyl groups excluding tert-OH is 1. The first-order valence-corrected chi connectivity index (χ1v) is 5.78. The Morgan fingerprint density at radius 1 is 1.47 bits per heavy atom. The fourth-order valence-electron chi connectivity index (χ4n) is 1.55. The molecular weight excluding hydrogens is 244 g/mol. The second-order valence-corrected chi connectivity index (χ2v) is 3.96. The number of carbonyl (C=O) groups excluding carboxylic acids is 1. The van der Waals surface area contributed by atoms with Crippen LogP contribution in [0.4, 0.5) is 5.69 Å². The molecule has 0 spiro atoms. The fraction of sp³-hybridized carbons (Fsp3) is 0.143. The van der Waals surface area contributed by atoms with Crippen LogP contribution in [0.3, 0.4) is 0 Å². The highest BCUT2D eigenvalue weighted by Crippen LogP contribution is 2.13. The van der Waals surface area contributed by atoms with Crippen molar-refractivity contribution in [3.05, 3.63) is 53.8 Å². The molecule has 1 amide bonds. The third-order valence-corrected chi connectivity index (χ3v) is 2.50. The highest BCUT2D eigenvalue weighted by atomic mass is 16.3. The highest BCUT2D eigenvalue weighted by Gasteiger charge is 2.04. The molecule has 0 fully saturated rings. The summed E-state index contributed by atoms with van der Waals surface area (Å²) < 4.78 is 5.31. The van der Waals surface area contributed by atoms with Gasteiger partial charge in [0.1, 0.15) is 11.5 Å². The van der Waals surface area contributed by atoms with Gasteiger partial charge in [-0.15, -0.1) is 0 Å². The van der Waals surface area contributed by atoms with Crippen molar-refractivity contribution in [2.75, 3.05) is 5.32 Å². The second-order valence-electron chi connectivity index (χ2n) is 3.96. The number of aryl methyl sites for hydroxylation is 1. The molecule has 0 aliphatic carbocycles. The third kappa shape index (κ3) is 3.53. The van der Waals surface area contributed by atoms with Crippen molar-refractivity contribution in [2.24, 2.45) is 0 Å². The van der Waals surface area contributed by atoms with Crippen molar-refractivity contribution in [3.8, 4) is 0 Å². The summed E-state index contributed by atoms with van der Waals surface area (Å²) in [5, 5.41) is 11.8. The topological polar surface area (TPSA) is 75.4 Å². The SMILES string of the molecule is Cc1ccc(/C=C/C(=O)Nc2cnccc2CO)o1. The molecule has 5 heteroatoms. The molecule has 0 bridgehead atoms. The normalized spacial score (nSPS) is 10.8. The molecule has 0 atom stereocenters. The molecule has 0 aliphatic rings. The first-order chi connectivity index (χ1) is 9.19. The van der Waals surface area contributed by atoms with Crippen molar-refractivity contribution in [3.63, 3.8) is 0 Å². The number of furan rings is 1. The van der Waals surface area contributed by atoms with Crippen LogP contribution in [0.2, 0.25) is 0 Å². The molecule has 5 nitrogen and oxygen atoms in total. The Balaban J connectivity index is 2.03. The van der Waals surface area contributed by atoms with Crippen molar-refractivity contribution in [2.45, 2.75) is 13.5 Å². The predicted molar refractivity (Wildman–Crippen MR) is 71.3 cm³/mol. The molecule has 0 saturated heterocycles. The van der Waals surface area contributed by atoms with Crippen LogP contribution < -0.4 is 5.32 Å². The van der Waals surface area contributed by atoms with Gasteiger partial charge in [0.15, 0.2) is 0 Å². The Bertz CT molecular complexity index is 602. The van der Waals surface area contributed by atoms with Crippen LogP contribution >= 0.6 is 0 Å². The van der Waals surface area contributed by atoms with Gasteiger partial charge >= 0.3 is 0 Å². The van der Waals surface area contributed by atoms with Gasteiger partial charge in [0.25, 0.3) is 0 Å². The molecule has 0 saturated carbocycles. The Morgan fingerprint density at radius 2 is 2.32 bits per heavy atom. The van der Waals surface area contributed by atoms with Gasteiger partial charge in [-0.05, 0) is 31.2 Å². The lowest BCUT2D eigenvalue weighted by molar-refractivity contribution is -0.111. The molecule has 2 aromatic heterocycles. The summed E-state index contributed by atoms with van der Waals surface area (Å²) >= 11 is 0. The first-order valence-electron chi connectivity index (χ1n) is 5.78. The van der Waals surface area contributed by atoms with Gasteiger partial charge < -0.3 is 14.8 Å². The molecule has 0 aromatic carbocycles. The lowest BCUT2D eigenvalue weighted by Gasteiger charge is -2.06. The van der Waals surface area contributed by atoms with Crippen LogP contribution in [0.5, 0.6) is 0 Å². The molecular formula is C14H14N2O3. The summed E-state index contributed by atoms with van der Waals surface area (Å²) in [6.07, 6.45) is 6.00. The monoisotopic (exact) mass is 258 g/mol. The van der Waals surface area contributed by atoms with Crippen LogP contribution in [-0.2, 0) is 11.4 Å². The van der Waals surface area contributed by atoms with E-state index in [2.05, 4.69) is 10.3 Å². The van der Waals surface area contributed by atoms with Gasteiger partial charge in [-0.2, -0.15) is 0 Å². The maximum Gasteiger partial charge on any atom is 0.248 e. The molecule has 0 unspecified atom stereocenters. The lowest BCUT2D eigenvalue weighted by atomic mass is 10.2. The summed E-state index contributed by atoms with van der Waals surface area (Å²) in [4.78, 5) is 15.6. The van der Waals surface area contributed by atoms with Gasteiger partial charge in [0.2, 0.25) is 5.91 Å². The van der Waals surface area contributed by atoms with Gasteiger partial charge in [0.05, 0.1) is 18.5 Å². The van der Waals surface area contributed by atoms with Gasteiger partial charge in [0, 0.05) is 17.8 Å². The minimum atomic E-state index is -0.309. The number of rotatable bonds is 4. The third-order valence-electron chi connectivity index (χ3n) is 2.50. The minimum Gasteiger partial charge on any atom is -0.462 e. The number of amides is 1. The van der Waals surface area contributed by atoms with E-state index in [1.165, 1.54) is 12.3 Å². The zero-order valence-corrected chi connectivity index (χ0v) is 10.5. The molecule has 2 heterocycles. The Kier molecular flexibility index (Phi) is 4.10. The Morgan fingerprint density at radius 3 is 3.00 bits per heavy atom. The molecule has 98 valence electrons. The van der Waals surface area contributed by atoms with Crippen molar-refractivity contribution < 1.29 is 14.3 Å². The van der Waals surface area contributed by atoms with E-state index < -0.39 is 0 Å². The van der Waals surface area contributed by atoms with Crippen LogP contribution in [0.15, 0.2) is 41.1 Å². The van der Waals surface area contributed by atoms with Gasteiger partial charge in [-0.25, -0.2) is 0 Å². The fourth-order valence-corrected chi connectivity index (χ4v) is 1.55. The molecule has 2 N–H and O–H groups in total. The zero-order valence-electron chi connectivity index (χ0n) is 10.5. The maximum absolute atomic E-state index is 11.7. The summed E-state index contributed by atoms with van der Waals surface area (Å²) in [5.74, 6) is 1.09. The van der Waals surface area contributed by atoms with Crippen LogP contribution in [0.25, 0.3) is 6.08 Å². The molecule has 2 rings (SSSR count). The Hall–Kier alpha value is -2.40. The van der Waals surface area contributed by atoms with E-state index in [0.717, 1.165) is 5.76 Å². The quantitative estimate of drug-likeness (QED) is 0.824. The largest absolute Gasteiger partial charge is 0.462 e. The number of carbonyl (C=O) groups is 1. The number of hydrogen-bond acceptors (Lipinski definition) is 4. The number of aromatic nitrogens is 1. The molecule has 19 heavy (non-hydrogen) atoms. The number of nitrogens with zero attached hydrogens (tertiary/aromatic N) is 1.